The lowest BCUT2D eigenvalue weighted by molar-refractivity contribution is -0.135. The van der Waals surface area contributed by atoms with Crippen molar-refractivity contribution in [3.05, 3.63) is 40.3 Å². The summed E-state index contributed by atoms with van der Waals surface area (Å²) in [7, 11) is 0. The highest BCUT2D eigenvalue weighted by atomic mass is 35.5. The number of aromatic nitrogens is 3. The van der Waals surface area contributed by atoms with Crippen molar-refractivity contribution < 1.29 is 9.59 Å². The van der Waals surface area contributed by atoms with E-state index in [4.69, 9.17) is 11.6 Å². The normalized spacial score (nSPS) is 15.1. The molecule has 0 unspecified atom stereocenters. The van der Waals surface area contributed by atoms with Gasteiger partial charge in [0.2, 0.25) is 5.91 Å². The summed E-state index contributed by atoms with van der Waals surface area (Å²) < 4.78 is 1.69. The van der Waals surface area contributed by atoms with Gasteiger partial charge >= 0.3 is 0 Å². The van der Waals surface area contributed by atoms with Gasteiger partial charge in [0.25, 0.3) is 5.91 Å². The Morgan fingerprint density at radius 2 is 1.89 bits per heavy atom. The van der Waals surface area contributed by atoms with Crippen molar-refractivity contribution in [2.45, 2.75) is 46.6 Å². The number of likely N-dealkylation sites (tertiary alicyclic amines) is 1. The summed E-state index contributed by atoms with van der Waals surface area (Å²) in [5, 5.41) is 7.72. The topological polar surface area (TPSA) is 80.1 Å². The highest BCUT2D eigenvalue weighted by Gasteiger charge is 2.26. The number of pyridine rings is 1. The maximum Gasteiger partial charge on any atom is 0.271 e. The molecule has 0 aliphatic carbocycles. The van der Waals surface area contributed by atoms with Crippen molar-refractivity contribution in [2.75, 3.05) is 13.1 Å². The summed E-state index contributed by atoms with van der Waals surface area (Å²) in [6.45, 7) is 8.94. The summed E-state index contributed by atoms with van der Waals surface area (Å²) in [5.74, 6) is 0.401. The predicted octanol–water partition coefficient (Wildman–Crippen LogP) is 2.91. The minimum absolute atomic E-state index is 0.00100. The van der Waals surface area contributed by atoms with Gasteiger partial charge in [-0.3, -0.25) is 9.59 Å². The lowest BCUT2D eigenvalue weighted by Gasteiger charge is -2.33. The maximum atomic E-state index is 12.8. The van der Waals surface area contributed by atoms with Crippen molar-refractivity contribution >= 4 is 23.4 Å². The smallest absolute Gasteiger partial charge is 0.271 e. The van der Waals surface area contributed by atoms with Crippen LogP contribution in [0.25, 0.3) is 5.82 Å². The third kappa shape index (κ3) is 4.35. The Labute approximate surface area is 170 Å². The molecule has 0 radical (unpaired) electrons. The van der Waals surface area contributed by atoms with E-state index in [0.717, 1.165) is 24.2 Å². The molecule has 1 N–H and O–H groups in total. The molecule has 2 aromatic heterocycles. The van der Waals surface area contributed by atoms with Gasteiger partial charge in [-0.1, -0.05) is 25.4 Å². The molecule has 2 aromatic rings. The van der Waals surface area contributed by atoms with Gasteiger partial charge in [-0.15, -0.1) is 0 Å². The van der Waals surface area contributed by atoms with Crippen LogP contribution in [0.2, 0.25) is 5.02 Å². The van der Waals surface area contributed by atoms with Crippen LogP contribution in [0.4, 0.5) is 0 Å². The van der Waals surface area contributed by atoms with E-state index in [0.29, 0.717) is 23.9 Å². The molecular weight excluding hydrogens is 378 g/mol. The van der Waals surface area contributed by atoms with Gasteiger partial charge in [0.1, 0.15) is 5.69 Å². The molecule has 1 fully saturated rings. The van der Waals surface area contributed by atoms with Crippen molar-refractivity contribution in [2.24, 2.45) is 5.92 Å². The molecule has 3 rings (SSSR count). The number of nitrogens with zero attached hydrogens (tertiary/aromatic N) is 4. The Bertz CT molecular complexity index is 885. The lowest BCUT2D eigenvalue weighted by atomic mass is 10.0. The molecule has 8 heteroatoms. The van der Waals surface area contributed by atoms with Crippen LogP contribution in [-0.2, 0) is 4.79 Å². The van der Waals surface area contributed by atoms with Crippen molar-refractivity contribution in [1.29, 1.82) is 0 Å². The number of nitrogens with one attached hydrogen (secondary N) is 1. The van der Waals surface area contributed by atoms with Gasteiger partial charge in [-0.05, 0) is 44.9 Å². The van der Waals surface area contributed by atoms with E-state index in [1.165, 1.54) is 0 Å². The molecule has 150 valence electrons. The first-order valence-electron chi connectivity index (χ1n) is 9.56. The average Bonchev–Trinajstić information content (AvgIpc) is 3.00. The van der Waals surface area contributed by atoms with Crippen LogP contribution in [0.5, 0.6) is 0 Å². The number of piperidine rings is 1. The van der Waals surface area contributed by atoms with Crippen LogP contribution in [0.15, 0.2) is 18.2 Å². The van der Waals surface area contributed by atoms with Crippen LogP contribution in [0.3, 0.4) is 0 Å². The zero-order chi connectivity index (χ0) is 20.4. The van der Waals surface area contributed by atoms with E-state index in [2.05, 4.69) is 15.4 Å². The molecule has 1 saturated heterocycles. The predicted molar refractivity (Wildman–Crippen MR) is 108 cm³/mol. The molecule has 28 heavy (non-hydrogen) atoms. The van der Waals surface area contributed by atoms with E-state index in [9.17, 15) is 9.59 Å². The van der Waals surface area contributed by atoms with Gasteiger partial charge in [0.15, 0.2) is 5.82 Å². The van der Waals surface area contributed by atoms with E-state index in [1.54, 1.807) is 16.8 Å². The second kappa shape index (κ2) is 8.31. The van der Waals surface area contributed by atoms with Gasteiger partial charge < -0.3 is 10.2 Å². The van der Waals surface area contributed by atoms with Crippen molar-refractivity contribution in [1.82, 2.24) is 25.0 Å². The monoisotopic (exact) mass is 403 g/mol. The van der Waals surface area contributed by atoms with Crippen LogP contribution < -0.4 is 5.32 Å². The molecule has 7 nitrogen and oxygen atoms in total. The Hall–Kier alpha value is -2.41. The Morgan fingerprint density at radius 1 is 1.21 bits per heavy atom. The molecule has 0 saturated carbocycles. The summed E-state index contributed by atoms with van der Waals surface area (Å²) in [6, 6.07) is 5.36. The van der Waals surface area contributed by atoms with E-state index in [1.807, 2.05) is 38.7 Å². The molecule has 0 atom stereocenters. The number of rotatable bonds is 4. The quantitative estimate of drug-likeness (QED) is 0.851. The number of amides is 2. The molecular formula is C20H26ClN5O2. The van der Waals surface area contributed by atoms with Crippen LogP contribution in [0, 0.1) is 19.8 Å². The molecule has 0 aromatic carbocycles. The third-order valence-electron chi connectivity index (χ3n) is 4.91. The van der Waals surface area contributed by atoms with Gasteiger partial charge in [-0.2, -0.15) is 5.10 Å². The fourth-order valence-corrected chi connectivity index (χ4v) is 3.62. The second-order valence-corrected chi connectivity index (χ2v) is 7.97. The summed E-state index contributed by atoms with van der Waals surface area (Å²) in [5.41, 5.74) is 2.00. The zero-order valence-corrected chi connectivity index (χ0v) is 17.5. The Kier molecular flexibility index (Phi) is 6.03. The molecule has 0 bridgehead atoms. The van der Waals surface area contributed by atoms with E-state index >= 15 is 0 Å². The first kappa shape index (κ1) is 20.3. The zero-order valence-electron chi connectivity index (χ0n) is 16.7. The van der Waals surface area contributed by atoms with Gasteiger partial charge in [-0.25, -0.2) is 9.67 Å². The van der Waals surface area contributed by atoms with Crippen molar-refractivity contribution in [3.8, 4) is 5.82 Å². The van der Waals surface area contributed by atoms with Gasteiger partial charge in [0.05, 0.1) is 10.7 Å². The number of halogens is 1. The summed E-state index contributed by atoms with van der Waals surface area (Å²) in [4.78, 5) is 31.2. The maximum absolute atomic E-state index is 12.8. The molecule has 2 amide bonds. The first-order valence-corrected chi connectivity index (χ1v) is 9.94. The van der Waals surface area contributed by atoms with Crippen LogP contribution in [-0.4, -0.2) is 50.6 Å². The number of hydrogen-bond acceptors (Lipinski definition) is 4. The minimum atomic E-state index is -0.304. The fraction of sp³-hybridized carbons (Fsp3) is 0.500. The Balaban J connectivity index is 1.69. The third-order valence-corrected chi connectivity index (χ3v) is 5.21. The van der Waals surface area contributed by atoms with Gasteiger partial charge in [0, 0.05) is 30.7 Å². The largest absolute Gasteiger partial charge is 0.348 e. The highest BCUT2D eigenvalue weighted by molar-refractivity contribution is 6.33. The molecule has 1 aliphatic rings. The Morgan fingerprint density at radius 3 is 2.46 bits per heavy atom. The number of hydrogen-bond donors (Lipinski definition) is 1. The number of aryl methyl sites for hydroxylation is 2. The van der Waals surface area contributed by atoms with Crippen molar-refractivity contribution in [3.63, 3.8) is 0 Å². The fourth-order valence-electron chi connectivity index (χ4n) is 3.43. The molecule has 3 heterocycles. The average molecular weight is 404 g/mol. The number of carbonyl (C=O) groups is 2. The first-order chi connectivity index (χ1) is 13.3. The van der Waals surface area contributed by atoms with Crippen LogP contribution in [0.1, 0.15) is 48.6 Å². The number of carbonyl (C=O) groups excluding carboxylic acids is 2. The van der Waals surface area contributed by atoms with Crippen LogP contribution >= 0.6 is 11.6 Å². The van der Waals surface area contributed by atoms with E-state index < -0.39 is 0 Å². The SMILES string of the molecule is Cc1cc(C)n(-c2ccc(Cl)c(C(=O)NC3CCN(C(=O)C(C)C)CC3)n2)n1. The molecule has 1 aliphatic heterocycles. The summed E-state index contributed by atoms with van der Waals surface area (Å²) in [6.07, 6.45) is 1.44. The highest BCUT2D eigenvalue weighted by Crippen LogP contribution is 2.19. The second-order valence-electron chi connectivity index (χ2n) is 7.57. The lowest BCUT2D eigenvalue weighted by Crippen LogP contribution is -2.47. The minimum Gasteiger partial charge on any atom is -0.348 e. The standard InChI is InChI=1S/C20H26ClN5O2/c1-12(2)20(28)25-9-7-15(8-10-25)22-19(27)18-16(21)5-6-17(23-18)26-14(4)11-13(3)24-26/h5-6,11-12,15H,7-10H2,1-4H3,(H,22,27). The van der Waals surface area contributed by atoms with E-state index in [-0.39, 0.29) is 29.5 Å². The summed E-state index contributed by atoms with van der Waals surface area (Å²) >= 11 is 6.23. The molecule has 0 spiro atoms.